The molecule has 0 bridgehead atoms. The van der Waals surface area contributed by atoms with Gasteiger partial charge in [0.1, 0.15) is 17.7 Å². The second kappa shape index (κ2) is 6.35. The summed E-state index contributed by atoms with van der Waals surface area (Å²) in [5.41, 5.74) is -1.46. The molecule has 0 fully saturated rings. The molecule has 2 N–H and O–H groups in total. The minimum atomic E-state index is -4.65. The number of rotatable bonds is 5. The standard InChI is InChI=1S/C9H9ClF5N3O2/c10-6-4(16-2-5(19)7(11)12)1-17-18(8(6)20)3-9(13,14)15/h1,5,7,16,19H,2-3H2. The average molecular weight is 322 g/mol. The van der Waals surface area contributed by atoms with E-state index in [1.807, 2.05) is 0 Å². The van der Waals surface area contributed by atoms with Gasteiger partial charge in [0.15, 0.2) is 0 Å². The highest BCUT2D eigenvalue weighted by Crippen LogP contribution is 2.19. The molecule has 5 nitrogen and oxygen atoms in total. The van der Waals surface area contributed by atoms with Crippen LogP contribution in [0.4, 0.5) is 27.6 Å². The van der Waals surface area contributed by atoms with Crippen LogP contribution in [-0.4, -0.2) is 40.1 Å². The van der Waals surface area contributed by atoms with E-state index >= 15 is 0 Å². The molecule has 0 aliphatic rings. The van der Waals surface area contributed by atoms with Crippen molar-refractivity contribution in [2.45, 2.75) is 25.3 Å². The highest BCUT2D eigenvalue weighted by atomic mass is 35.5. The fraction of sp³-hybridized carbons (Fsp3) is 0.556. The molecule has 1 aromatic heterocycles. The Bertz CT molecular complexity index is 519. The van der Waals surface area contributed by atoms with Gasteiger partial charge in [0.25, 0.3) is 12.0 Å². The number of alkyl halides is 5. The average Bonchev–Trinajstić information content (AvgIpc) is 2.32. The quantitative estimate of drug-likeness (QED) is 0.807. The van der Waals surface area contributed by atoms with Gasteiger partial charge in [-0.3, -0.25) is 4.79 Å². The van der Waals surface area contributed by atoms with Gasteiger partial charge in [0, 0.05) is 6.54 Å². The van der Waals surface area contributed by atoms with E-state index in [9.17, 15) is 26.7 Å². The van der Waals surface area contributed by atoms with Crippen molar-refractivity contribution in [3.63, 3.8) is 0 Å². The number of nitrogens with one attached hydrogen (secondary N) is 1. The molecule has 0 amide bonds. The molecule has 1 atom stereocenters. The minimum absolute atomic E-state index is 0.0943. The summed E-state index contributed by atoms with van der Waals surface area (Å²) in [6, 6.07) is 0. The molecule has 0 spiro atoms. The molecule has 1 rings (SSSR count). The second-order valence-electron chi connectivity index (χ2n) is 3.73. The zero-order valence-electron chi connectivity index (χ0n) is 9.66. The molecule has 0 aliphatic heterocycles. The van der Waals surface area contributed by atoms with Gasteiger partial charge in [0.2, 0.25) is 0 Å². The molecule has 1 heterocycles. The lowest BCUT2D eigenvalue weighted by molar-refractivity contribution is -0.143. The first-order valence-electron chi connectivity index (χ1n) is 5.14. The highest BCUT2D eigenvalue weighted by Gasteiger charge is 2.29. The predicted molar refractivity (Wildman–Crippen MR) is 60.1 cm³/mol. The van der Waals surface area contributed by atoms with E-state index in [4.69, 9.17) is 16.7 Å². The molecule has 0 saturated carbocycles. The van der Waals surface area contributed by atoms with Gasteiger partial charge < -0.3 is 10.4 Å². The largest absolute Gasteiger partial charge is 0.408 e. The third kappa shape index (κ3) is 4.60. The van der Waals surface area contributed by atoms with Crippen molar-refractivity contribution < 1.29 is 27.1 Å². The molecular weight excluding hydrogens is 313 g/mol. The Hall–Kier alpha value is -1.42. The maximum Gasteiger partial charge on any atom is 0.408 e. The Labute approximate surface area is 114 Å². The summed E-state index contributed by atoms with van der Waals surface area (Å²) >= 11 is 5.52. The fourth-order valence-corrected chi connectivity index (χ4v) is 1.39. The Morgan fingerprint density at radius 3 is 2.55 bits per heavy atom. The molecule has 0 aliphatic carbocycles. The molecule has 0 aromatic carbocycles. The van der Waals surface area contributed by atoms with E-state index in [-0.39, 0.29) is 10.4 Å². The van der Waals surface area contributed by atoms with Gasteiger partial charge in [-0.1, -0.05) is 11.6 Å². The van der Waals surface area contributed by atoms with E-state index < -0.39 is 42.4 Å². The number of nitrogens with zero attached hydrogens (tertiary/aromatic N) is 2. The zero-order chi connectivity index (χ0) is 15.5. The van der Waals surface area contributed by atoms with Crippen molar-refractivity contribution in [2.75, 3.05) is 11.9 Å². The molecule has 0 saturated heterocycles. The van der Waals surface area contributed by atoms with Crippen molar-refractivity contribution in [2.24, 2.45) is 0 Å². The molecule has 20 heavy (non-hydrogen) atoms. The van der Waals surface area contributed by atoms with Crippen LogP contribution in [0.2, 0.25) is 5.02 Å². The maximum atomic E-state index is 12.1. The summed E-state index contributed by atoms with van der Waals surface area (Å²) in [4.78, 5) is 11.5. The van der Waals surface area contributed by atoms with Gasteiger partial charge in [-0.25, -0.2) is 13.5 Å². The van der Waals surface area contributed by atoms with E-state index in [0.717, 1.165) is 6.20 Å². The summed E-state index contributed by atoms with van der Waals surface area (Å²) < 4.78 is 60.5. The number of aliphatic hydroxyl groups excluding tert-OH is 1. The number of halogens is 6. The van der Waals surface area contributed by atoms with Gasteiger partial charge in [-0.15, -0.1) is 0 Å². The molecule has 0 radical (unpaired) electrons. The van der Waals surface area contributed by atoms with Crippen molar-refractivity contribution in [1.82, 2.24) is 9.78 Å². The smallest absolute Gasteiger partial charge is 0.385 e. The third-order valence-corrected chi connectivity index (χ3v) is 2.47. The van der Waals surface area contributed by atoms with Gasteiger partial charge in [-0.2, -0.15) is 18.3 Å². The van der Waals surface area contributed by atoms with Gasteiger partial charge >= 0.3 is 6.18 Å². The van der Waals surface area contributed by atoms with Crippen molar-refractivity contribution in [3.8, 4) is 0 Å². The Balaban J connectivity index is 2.87. The first-order valence-corrected chi connectivity index (χ1v) is 5.52. The van der Waals surface area contributed by atoms with Crippen LogP contribution in [-0.2, 0) is 6.54 Å². The summed E-state index contributed by atoms with van der Waals surface area (Å²) in [5, 5.41) is 13.6. The number of anilines is 1. The number of aliphatic hydroxyl groups is 1. The molecule has 1 unspecified atom stereocenters. The van der Waals surface area contributed by atoms with Crippen LogP contribution in [0.3, 0.4) is 0 Å². The van der Waals surface area contributed by atoms with Gasteiger partial charge in [0.05, 0.1) is 11.9 Å². The SMILES string of the molecule is O=c1c(Cl)c(NCC(O)C(F)F)cnn1CC(F)(F)F. The number of aromatic nitrogens is 2. The monoisotopic (exact) mass is 321 g/mol. The van der Waals surface area contributed by atoms with Crippen LogP contribution in [0.25, 0.3) is 0 Å². The first-order chi connectivity index (χ1) is 9.11. The second-order valence-corrected chi connectivity index (χ2v) is 4.11. The van der Waals surface area contributed by atoms with Gasteiger partial charge in [-0.05, 0) is 0 Å². The molecule has 1 aromatic rings. The molecule has 11 heteroatoms. The lowest BCUT2D eigenvalue weighted by atomic mass is 10.3. The Morgan fingerprint density at radius 1 is 1.45 bits per heavy atom. The molecule has 114 valence electrons. The summed E-state index contributed by atoms with van der Waals surface area (Å²) in [7, 11) is 0. The van der Waals surface area contributed by atoms with E-state index in [0.29, 0.717) is 0 Å². The van der Waals surface area contributed by atoms with Crippen molar-refractivity contribution in [3.05, 3.63) is 21.6 Å². The number of hydrogen-bond donors (Lipinski definition) is 2. The van der Waals surface area contributed by atoms with Crippen LogP contribution < -0.4 is 10.9 Å². The first kappa shape index (κ1) is 16.6. The Morgan fingerprint density at radius 2 is 2.05 bits per heavy atom. The van der Waals surface area contributed by atoms with E-state index in [1.54, 1.807) is 0 Å². The lowest BCUT2D eigenvalue weighted by Crippen LogP contribution is -2.32. The fourth-order valence-electron chi connectivity index (χ4n) is 1.17. The minimum Gasteiger partial charge on any atom is -0.385 e. The predicted octanol–water partition coefficient (Wildman–Crippen LogP) is 1.50. The van der Waals surface area contributed by atoms with Crippen LogP contribution >= 0.6 is 11.6 Å². The zero-order valence-corrected chi connectivity index (χ0v) is 10.4. The Kier molecular flexibility index (Phi) is 5.28. The summed E-state index contributed by atoms with van der Waals surface area (Å²) in [5.74, 6) is 0. The van der Waals surface area contributed by atoms with Crippen LogP contribution in [0.15, 0.2) is 11.0 Å². The number of hydrogen-bond acceptors (Lipinski definition) is 4. The van der Waals surface area contributed by atoms with Crippen molar-refractivity contribution >= 4 is 17.3 Å². The maximum absolute atomic E-state index is 12.1. The third-order valence-electron chi connectivity index (χ3n) is 2.11. The lowest BCUT2D eigenvalue weighted by Gasteiger charge is -2.14. The van der Waals surface area contributed by atoms with Crippen molar-refractivity contribution in [1.29, 1.82) is 0 Å². The van der Waals surface area contributed by atoms with Crippen LogP contribution in [0, 0.1) is 0 Å². The summed E-state index contributed by atoms with van der Waals surface area (Å²) in [6.07, 6.45) is -8.89. The van der Waals surface area contributed by atoms with Crippen LogP contribution in [0.1, 0.15) is 0 Å². The highest BCUT2D eigenvalue weighted by molar-refractivity contribution is 6.32. The molecular formula is C9H9ClF5N3O2. The normalized spacial score (nSPS) is 13.6. The van der Waals surface area contributed by atoms with E-state index in [2.05, 4.69) is 10.4 Å². The summed E-state index contributed by atoms with van der Waals surface area (Å²) in [6.45, 7) is -2.26. The topological polar surface area (TPSA) is 67.2 Å². The van der Waals surface area contributed by atoms with E-state index in [1.165, 1.54) is 0 Å². The van der Waals surface area contributed by atoms with Crippen LogP contribution in [0.5, 0.6) is 0 Å².